The van der Waals surface area contributed by atoms with Crippen molar-refractivity contribution in [1.29, 1.82) is 0 Å². The van der Waals surface area contributed by atoms with Crippen LogP contribution in [0.5, 0.6) is 0 Å². The summed E-state index contributed by atoms with van der Waals surface area (Å²) in [4.78, 5) is 17.5. The molecule has 1 amide bonds. The second-order valence-corrected chi connectivity index (χ2v) is 9.57. The fourth-order valence-corrected chi connectivity index (χ4v) is 4.22. The second-order valence-electron chi connectivity index (χ2n) is 7.01. The smallest absolute Gasteiger partial charge is 0.259 e. The number of aryl methyl sites for hydroxylation is 1. The van der Waals surface area contributed by atoms with Crippen molar-refractivity contribution in [2.24, 2.45) is 0 Å². The lowest BCUT2D eigenvalue weighted by Gasteiger charge is -2.14. The van der Waals surface area contributed by atoms with E-state index in [0.717, 1.165) is 21.8 Å². The predicted octanol–water partition coefficient (Wildman–Crippen LogP) is 3.62. The summed E-state index contributed by atoms with van der Waals surface area (Å²) in [5.74, 6) is -0.179. The number of sulfonamides is 1. The van der Waals surface area contributed by atoms with Crippen molar-refractivity contribution in [3.8, 4) is 0 Å². The van der Waals surface area contributed by atoms with Crippen LogP contribution in [0, 0.1) is 0 Å². The van der Waals surface area contributed by atoms with Gasteiger partial charge in [0.25, 0.3) is 5.91 Å². The first-order chi connectivity index (χ1) is 14.8. The van der Waals surface area contributed by atoms with Gasteiger partial charge >= 0.3 is 0 Å². The third-order valence-electron chi connectivity index (χ3n) is 4.72. The lowest BCUT2D eigenvalue weighted by Crippen LogP contribution is -2.23. The van der Waals surface area contributed by atoms with Crippen LogP contribution in [0.4, 0.5) is 5.95 Å². The van der Waals surface area contributed by atoms with E-state index in [4.69, 9.17) is 16.3 Å². The van der Waals surface area contributed by atoms with E-state index in [0.29, 0.717) is 25.7 Å². The molecule has 0 atom stereocenters. The number of imidazole rings is 1. The number of para-hydroxylation sites is 2. The van der Waals surface area contributed by atoms with E-state index in [9.17, 15) is 13.2 Å². The van der Waals surface area contributed by atoms with Crippen LogP contribution in [0.2, 0.25) is 5.02 Å². The maximum Gasteiger partial charge on any atom is 0.259 e. The fraction of sp³-hybridized carbons (Fsp3) is 0.333. The molecular formula is C21H25ClN4O4S. The molecule has 0 radical (unpaired) electrons. The van der Waals surface area contributed by atoms with E-state index in [2.05, 4.69) is 10.3 Å². The predicted molar refractivity (Wildman–Crippen MR) is 121 cm³/mol. The van der Waals surface area contributed by atoms with E-state index in [1.165, 1.54) is 32.3 Å². The number of nitrogens with one attached hydrogen (secondary N) is 1. The minimum absolute atomic E-state index is 0.0164. The maximum atomic E-state index is 13.0. The number of ether oxygens (including phenoxy) is 1. The van der Waals surface area contributed by atoms with Crippen LogP contribution in [0.15, 0.2) is 47.4 Å². The number of hydrogen-bond acceptors (Lipinski definition) is 5. The molecule has 0 aliphatic rings. The molecule has 0 fully saturated rings. The summed E-state index contributed by atoms with van der Waals surface area (Å²) in [6, 6.07) is 11.6. The van der Waals surface area contributed by atoms with Gasteiger partial charge < -0.3 is 9.30 Å². The third kappa shape index (κ3) is 5.07. The molecule has 166 valence electrons. The molecule has 0 saturated heterocycles. The molecule has 1 aromatic heterocycles. The summed E-state index contributed by atoms with van der Waals surface area (Å²) >= 11 is 6.21. The topological polar surface area (TPSA) is 93.5 Å². The van der Waals surface area contributed by atoms with E-state index in [-0.39, 0.29) is 15.5 Å². The molecular weight excluding hydrogens is 440 g/mol. The van der Waals surface area contributed by atoms with Crippen molar-refractivity contribution in [2.45, 2.75) is 24.8 Å². The first-order valence-electron chi connectivity index (χ1n) is 9.82. The first kappa shape index (κ1) is 23.2. The summed E-state index contributed by atoms with van der Waals surface area (Å²) in [6.45, 7) is 3.76. The highest BCUT2D eigenvalue weighted by molar-refractivity contribution is 7.89. The number of aromatic nitrogens is 2. The van der Waals surface area contributed by atoms with Gasteiger partial charge in [-0.2, -0.15) is 0 Å². The lowest BCUT2D eigenvalue weighted by atomic mass is 10.2. The van der Waals surface area contributed by atoms with Crippen LogP contribution in [0.3, 0.4) is 0 Å². The molecule has 3 aromatic rings. The molecule has 1 N–H and O–H groups in total. The zero-order chi connectivity index (χ0) is 22.6. The van der Waals surface area contributed by atoms with Crippen molar-refractivity contribution in [3.63, 3.8) is 0 Å². The van der Waals surface area contributed by atoms with Crippen molar-refractivity contribution in [2.75, 3.05) is 32.6 Å². The van der Waals surface area contributed by atoms with Gasteiger partial charge in [-0.05, 0) is 43.7 Å². The van der Waals surface area contributed by atoms with Crippen LogP contribution < -0.4 is 5.32 Å². The Morgan fingerprint density at radius 3 is 2.68 bits per heavy atom. The highest BCUT2D eigenvalue weighted by atomic mass is 35.5. The van der Waals surface area contributed by atoms with Crippen LogP contribution >= 0.6 is 11.6 Å². The molecule has 0 spiro atoms. The highest BCUT2D eigenvalue weighted by Gasteiger charge is 2.22. The summed E-state index contributed by atoms with van der Waals surface area (Å²) in [6.07, 6.45) is 0.744. The Morgan fingerprint density at radius 1 is 1.23 bits per heavy atom. The lowest BCUT2D eigenvalue weighted by molar-refractivity contribution is 0.102. The van der Waals surface area contributed by atoms with Gasteiger partial charge in [0.05, 0.1) is 26.5 Å². The fourth-order valence-electron chi connectivity index (χ4n) is 3.08. The number of fused-ring (bicyclic) bond motifs is 1. The zero-order valence-corrected chi connectivity index (χ0v) is 19.2. The monoisotopic (exact) mass is 464 g/mol. The zero-order valence-electron chi connectivity index (χ0n) is 17.6. The van der Waals surface area contributed by atoms with Gasteiger partial charge in [-0.15, -0.1) is 0 Å². The molecule has 0 saturated carbocycles. The normalized spacial score (nSPS) is 11.9. The Balaban J connectivity index is 1.93. The number of anilines is 1. The quantitative estimate of drug-likeness (QED) is 0.488. The molecule has 31 heavy (non-hydrogen) atoms. The van der Waals surface area contributed by atoms with Crippen LogP contribution in [0.1, 0.15) is 23.7 Å². The maximum absolute atomic E-state index is 13.0. The van der Waals surface area contributed by atoms with E-state index in [1.54, 1.807) is 0 Å². The molecule has 3 rings (SSSR count). The van der Waals surface area contributed by atoms with Gasteiger partial charge in [0, 0.05) is 33.9 Å². The van der Waals surface area contributed by atoms with E-state index >= 15 is 0 Å². The van der Waals surface area contributed by atoms with Crippen molar-refractivity contribution >= 4 is 44.5 Å². The molecule has 0 aliphatic carbocycles. The Bertz CT molecular complexity index is 1190. The van der Waals surface area contributed by atoms with Gasteiger partial charge in [0.1, 0.15) is 0 Å². The van der Waals surface area contributed by atoms with Crippen LogP contribution in [0.25, 0.3) is 11.0 Å². The van der Waals surface area contributed by atoms with Crippen LogP contribution in [-0.4, -0.2) is 55.5 Å². The summed E-state index contributed by atoms with van der Waals surface area (Å²) in [5.41, 5.74) is 1.67. The van der Waals surface area contributed by atoms with E-state index < -0.39 is 15.9 Å². The number of carbonyl (C=O) groups is 1. The Hall–Kier alpha value is -2.46. The summed E-state index contributed by atoms with van der Waals surface area (Å²) in [7, 11) is -0.859. The number of hydrogen-bond donors (Lipinski definition) is 1. The average Bonchev–Trinajstić information content (AvgIpc) is 3.08. The van der Waals surface area contributed by atoms with Gasteiger partial charge in [-0.1, -0.05) is 23.7 Å². The number of benzene rings is 2. The molecule has 2 aromatic carbocycles. The number of halogens is 1. The summed E-state index contributed by atoms with van der Waals surface area (Å²) in [5, 5.41) is 2.93. The van der Waals surface area contributed by atoms with Crippen molar-refractivity contribution in [1.82, 2.24) is 13.9 Å². The largest absolute Gasteiger partial charge is 0.382 e. The standard InChI is InChI=1S/C21H25ClN4O4S/c1-4-30-13-7-12-26-19-9-6-5-8-18(19)23-21(26)24-20(27)16-14-15(10-11-17(16)22)31(28,29)25(2)3/h5-6,8-11,14H,4,7,12-13H2,1-3H3,(H,23,24,27). The Kier molecular flexibility index (Phi) is 7.32. The molecule has 0 unspecified atom stereocenters. The van der Waals surface area contributed by atoms with Gasteiger partial charge in [-0.3, -0.25) is 10.1 Å². The highest BCUT2D eigenvalue weighted by Crippen LogP contribution is 2.25. The van der Waals surface area contributed by atoms with Crippen LogP contribution in [-0.2, 0) is 21.3 Å². The molecule has 10 heteroatoms. The SMILES string of the molecule is CCOCCCn1c(NC(=O)c2cc(S(=O)(=O)N(C)C)ccc2Cl)nc2ccccc21. The van der Waals surface area contributed by atoms with Crippen molar-refractivity contribution in [3.05, 3.63) is 53.1 Å². The second kappa shape index (κ2) is 9.78. The number of amides is 1. The molecule has 0 aliphatic heterocycles. The first-order valence-corrected chi connectivity index (χ1v) is 11.6. The minimum atomic E-state index is -3.71. The molecule has 1 heterocycles. The third-order valence-corrected chi connectivity index (χ3v) is 6.86. The Labute approximate surface area is 186 Å². The average molecular weight is 465 g/mol. The van der Waals surface area contributed by atoms with Gasteiger partial charge in [0.2, 0.25) is 16.0 Å². The molecule has 8 nitrogen and oxygen atoms in total. The van der Waals surface area contributed by atoms with Gasteiger partial charge in [-0.25, -0.2) is 17.7 Å². The molecule has 0 bridgehead atoms. The van der Waals surface area contributed by atoms with Crippen molar-refractivity contribution < 1.29 is 17.9 Å². The van der Waals surface area contributed by atoms with Gasteiger partial charge in [0.15, 0.2) is 0 Å². The number of rotatable bonds is 9. The number of carbonyl (C=O) groups excluding carboxylic acids is 1. The number of nitrogens with zero attached hydrogens (tertiary/aromatic N) is 3. The minimum Gasteiger partial charge on any atom is -0.382 e. The summed E-state index contributed by atoms with van der Waals surface area (Å²) < 4.78 is 33.3. The Morgan fingerprint density at radius 2 is 1.97 bits per heavy atom. The van der Waals surface area contributed by atoms with E-state index in [1.807, 2.05) is 35.8 Å².